The summed E-state index contributed by atoms with van der Waals surface area (Å²) in [6.45, 7) is 0. The number of para-hydroxylation sites is 1. The van der Waals surface area contributed by atoms with E-state index in [1.54, 1.807) is 6.20 Å². The molecule has 0 spiro atoms. The van der Waals surface area contributed by atoms with Crippen LogP contribution in [0.5, 0.6) is 0 Å². The molecule has 0 aliphatic carbocycles. The minimum Gasteiger partial charge on any atom is -0.254 e. The van der Waals surface area contributed by atoms with Crippen LogP contribution in [0, 0.1) is 0 Å². The molecule has 0 saturated heterocycles. The van der Waals surface area contributed by atoms with Gasteiger partial charge in [-0.3, -0.25) is 4.98 Å². The second-order valence-electron chi connectivity index (χ2n) is 2.59. The van der Waals surface area contributed by atoms with E-state index in [1.807, 2.05) is 30.3 Å². The Morgan fingerprint density at radius 3 is 3.00 bits per heavy atom. The zero-order chi connectivity index (χ0) is 9.10. The van der Waals surface area contributed by atoms with Gasteiger partial charge in [-0.1, -0.05) is 18.2 Å². The van der Waals surface area contributed by atoms with Crippen molar-refractivity contribution in [3.8, 4) is 0 Å². The SMILES string of the molecule is S=C=Nc1cnc2ccccc2c1. The highest BCUT2D eigenvalue weighted by Crippen LogP contribution is 2.17. The van der Waals surface area contributed by atoms with Crippen LogP contribution in [0.25, 0.3) is 10.9 Å². The summed E-state index contributed by atoms with van der Waals surface area (Å²) in [6.07, 6.45) is 1.68. The first-order valence-electron chi connectivity index (χ1n) is 3.83. The van der Waals surface area contributed by atoms with Gasteiger partial charge in [0, 0.05) is 5.39 Å². The molecule has 2 nitrogen and oxygen atoms in total. The van der Waals surface area contributed by atoms with Gasteiger partial charge in [0.15, 0.2) is 0 Å². The zero-order valence-corrected chi connectivity index (χ0v) is 7.58. The van der Waals surface area contributed by atoms with Gasteiger partial charge in [0.25, 0.3) is 0 Å². The largest absolute Gasteiger partial charge is 0.254 e. The van der Waals surface area contributed by atoms with E-state index in [9.17, 15) is 0 Å². The Kier molecular flexibility index (Phi) is 2.13. The standard InChI is InChI=1S/C10H6N2S/c13-7-12-9-5-8-3-1-2-4-10(8)11-6-9/h1-6H. The third-order valence-electron chi connectivity index (χ3n) is 1.75. The van der Waals surface area contributed by atoms with E-state index in [2.05, 4.69) is 27.4 Å². The number of rotatable bonds is 1. The van der Waals surface area contributed by atoms with Gasteiger partial charge >= 0.3 is 0 Å². The number of aromatic nitrogens is 1. The Labute approximate surface area is 81.0 Å². The van der Waals surface area contributed by atoms with Gasteiger partial charge in [0.1, 0.15) is 0 Å². The van der Waals surface area contributed by atoms with Gasteiger partial charge in [0.05, 0.1) is 22.6 Å². The Hall–Kier alpha value is -1.57. The Morgan fingerprint density at radius 1 is 1.31 bits per heavy atom. The predicted octanol–water partition coefficient (Wildman–Crippen LogP) is 2.97. The first-order chi connectivity index (χ1) is 6.40. The summed E-state index contributed by atoms with van der Waals surface area (Å²) in [5.74, 6) is 0. The number of isothiocyanates is 1. The number of fused-ring (bicyclic) bond motifs is 1. The van der Waals surface area contributed by atoms with Crippen molar-refractivity contribution in [1.29, 1.82) is 0 Å². The van der Waals surface area contributed by atoms with E-state index >= 15 is 0 Å². The van der Waals surface area contributed by atoms with Crippen LogP contribution >= 0.6 is 12.2 Å². The van der Waals surface area contributed by atoms with Crippen molar-refractivity contribution in [2.45, 2.75) is 0 Å². The summed E-state index contributed by atoms with van der Waals surface area (Å²) in [5, 5.41) is 3.38. The van der Waals surface area contributed by atoms with Gasteiger partial charge in [-0.15, -0.1) is 0 Å². The highest BCUT2D eigenvalue weighted by atomic mass is 32.1. The number of hydrogen-bond donors (Lipinski definition) is 0. The summed E-state index contributed by atoms with van der Waals surface area (Å²) in [4.78, 5) is 8.08. The topological polar surface area (TPSA) is 25.2 Å². The van der Waals surface area contributed by atoms with Gasteiger partial charge in [0.2, 0.25) is 0 Å². The maximum Gasteiger partial charge on any atom is 0.0929 e. The normalized spacial score (nSPS) is 9.54. The van der Waals surface area contributed by atoms with Crippen LogP contribution in [0.3, 0.4) is 0 Å². The molecule has 2 aromatic rings. The smallest absolute Gasteiger partial charge is 0.0929 e. The van der Waals surface area contributed by atoms with Gasteiger partial charge in [-0.25, -0.2) is 0 Å². The molecule has 0 aliphatic heterocycles. The van der Waals surface area contributed by atoms with Crippen molar-refractivity contribution in [1.82, 2.24) is 4.98 Å². The lowest BCUT2D eigenvalue weighted by Gasteiger charge is -1.95. The molecular weight excluding hydrogens is 180 g/mol. The Bertz CT molecular complexity index is 487. The molecule has 1 aromatic carbocycles. The van der Waals surface area contributed by atoms with E-state index in [4.69, 9.17) is 0 Å². The molecule has 13 heavy (non-hydrogen) atoms. The fourth-order valence-electron chi connectivity index (χ4n) is 1.17. The van der Waals surface area contributed by atoms with Crippen LogP contribution in [-0.2, 0) is 0 Å². The third kappa shape index (κ3) is 1.61. The number of thiocarbonyl (C=S) groups is 1. The van der Waals surface area contributed by atoms with Crippen molar-refractivity contribution >= 4 is 34.0 Å². The molecule has 2 rings (SSSR count). The molecule has 1 aromatic heterocycles. The monoisotopic (exact) mass is 186 g/mol. The van der Waals surface area contributed by atoms with Gasteiger partial charge < -0.3 is 0 Å². The van der Waals surface area contributed by atoms with E-state index in [-0.39, 0.29) is 0 Å². The third-order valence-corrected chi connectivity index (χ3v) is 1.84. The fourth-order valence-corrected chi connectivity index (χ4v) is 1.28. The van der Waals surface area contributed by atoms with E-state index in [1.165, 1.54) is 0 Å². The minimum absolute atomic E-state index is 0.744. The second-order valence-corrected chi connectivity index (χ2v) is 2.77. The van der Waals surface area contributed by atoms with Gasteiger partial charge in [-0.2, -0.15) is 4.99 Å². The summed E-state index contributed by atoms with van der Waals surface area (Å²) in [5.41, 5.74) is 1.71. The molecule has 0 amide bonds. The molecule has 0 unspecified atom stereocenters. The molecule has 0 aliphatic rings. The van der Waals surface area contributed by atoms with Crippen LogP contribution < -0.4 is 0 Å². The summed E-state index contributed by atoms with van der Waals surface area (Å²) >= 11 is 4.51. The van der Waals surface area contributed by atoms with Crippen molar-refractivity contribution in [2.75, 3.05) is 0 Å². The maximum absolute atomic E-state index is 4.51. The number of nitrogens with zero attached hydrogens (tertiary/aromatic N) is 2. The van der Waals surface area contributed by atoms with E-state index in [0.717, 1.165) is 16.6 Å². The van der Waals surface area contributed by atoms with Crippen molar-refractivity contribution < 1.29 is 0 Å². The molecule has 62 valence electrons. The number of pyridine rings is 1. The van der Waals surface area contributed by atoms with Crippen LogP contribution in [0.4, 0.5) is 5.69 Å². The number of hydrogen-bond acceptors (Lipinski definition) is 3. The quantitative estimate of drug-likeness (QED) is 0.505. The maximum atomic E-state index is 4.51. The average molecular weight is 186 g/mol. The minimum atomic E-state index is 0.744. The van der Waals surface area contributed by atoms with Crippen LogP contribution in [-0.4, -0.2) is 10.1 Å². The molecule has 0 radical (unpaired) electrons. The Morgan fingerprint density at radius 2 is 2.15 bits per heavy atom. The summed E-state index contributed by atoms with van der Waals surface area (Å²) in [6, 6.07) is 9.80. The summed E-state index contributed by atoms with van der Waals surface area (Å²) in [7, 11) is 0. The Balaban J connectivity index is 2.68. The molecule has 0 N–H and O–H groups in total. The number of benzene rings is 1. The van der Waals surface area contributed by atoms with Crippen molar-refractivity contribution in [3.05, 3.63) is 36.5 Å². The van der Waals surface area contributed by atoms with Crippen LogP contribution in [0.1, 0.15) is 0 Å². The molecule has 0 saturated carbocycles. The molecule has 1 heterocycles. The molecule has 0 fully saturated rings. The first-order valence-corrected chi connectivity index (χ1v) is 4.23. The predicted molar refractivity (Wildman–Crippen MR) is 56.4 cm³/mol. The average Bonchev–Trinajstić information content (AvgIpc) is 2.18. The van der Waals surface area contributed by atoms with Gasteiger partial charge in [-0.05, 0) is 24.4 Å². The fraction of sp³-hybridized carbons (Fsp3) is 0. The highest BCUT2D eigenvalue weighted by Gasteiger charge is 1.93. The molecular formula is C10H6N2S. The van der Waals surface area contributed by atoms with Crippen molar-refractivity contribution in [2.24, 2.45) is 4.99 Å². The van der Waals surface area contributed by atoms with Crippen LogP contribution in [0.15, 0.2) is 41.5 Å². The van der Waals surface area contributed by atoms with E-state index in [0.29, 0.717) is 0 Å². The first kappa shape index (κ1) is 8.05. The lowest BCUT2D eigenvalue weighted by molar-refractivity contribution is 1.38. The summed E-state index contributed by atoms with van der Waals surface area (Å²) < 4.78 is 0. The molecule has 0 bridgehead atoms. The van der Waals surface area contributed by atoms with Crippen molar-refractivity contribution in [3.63, 3.8) is 0 Å². The second kappa shape index (κ2) is 3.44. The van der Waals surface area contributed by atoms with Crippen LogP contribution in [0.2, 0.25) is 0 Å². The molecule has 0 atom stereocenters. The lowest BCUT2D eigenvalue weighted by Crippen LogP contribution is -1.76. The highest BCUT2D eigenvalue weighted by molar-refractivity contribution is 7.78. The molecule has 3 heteroatoms. The number of aliphatic imine (C=N–C) groups is 1. The van der Waals surface area contributed by atoms with E-state index < -0.39 is 0 Å². The zero-order valence-electron chi connectivity index (χ0n) is 6.77. The lowest BCUT2D eigenvalue weighted by atomic mass is 10.2.